The van der Waals surface area contributed by atoms with Gasteiger partial charge in [-0.05, 0) is 25.2 Å². The fourth-order valence-corrected chi connectivity index (χ4v) is 2.43. The van der Waals surface area contributed by atoms with E-state index in [-0.39, 0.29) is 18.8 Å². The van der Waals surface area contributed by atoms with Crippen LogP contribution in [0.25, 0.3) is 0 Å². The largest absolute Gasteiger partial charge is 0.396 e. The van der Waals surface area contributed by atoms with E-state index in [0.717, 1.165) is 6.61 Å². The summed E-state index contributed by atoms with van der Waals surface area (Å²) in [6, 6.07) is 0. The minimum Gasteiger partial charge on any atom is -0.396 e. The Kier molecular flexibility index (Phi) is 5.68. The lowest BCUT2D eigenvalue weighted by Gasteiger charge is -2.16. The molecule has 1 aliphatic rings. The summed E-state index contributed by atoms with van der Waals surface area (Å²) in [4.78, 5) is 0. The summed E-state index contributed by atoms with van der Waals surface area (Å²) in [6.07, 6.45) is 2.77. The van der Waals surface area contributed by atoms with Gasteiger partial charge in [-0.25, -0.2) is 12.7 Å². The van der Waals surface area contributed by atoms with Gasteiger partial charge in [0.15, 0.2) is 0 Å². The summed E-state index contributed by atoms with van der Waals surface area (Å²) in [5.74, 6) is 0.708. The number of hydrogen-bond donors (Lipinski definition) is 1. The molecule has 0 aromatic heterocycles. The van der Waals surface area contributed by atoms with Gasteiger partial charge in [0.25, 0.3) is 0 Å². The summed E-state index contributed by atoms with van der Waals surface area (Å²) in [5, 5.41) is 8.59. The summed E-state index contributed by atoms with van der Waals surface area (Å²) in [5.41, 5.74) is 0. The van der Waals surface area contributed by atoms with Crippen molar-refractivity contribution in [1.82, 2.24) is 4.31 Å². The Balaban J connectivity index is 2.13. The van der Waals surface area contributed by atoms with Crippen LogP contribution in [-0.4, -0.2) is 57.0 Å². The van der Waals surface area contributed by atoms with E-state index >= 15 is 0 Å². The molecule has 6 heteroatoms. The van der Waals surface area contributed by atoms with E-state index in [1.807, 2.05) is 0 Å². The van der Waals surface area contributed by atoms with Crippen LogP contribution in [0.2, 0.25) is 0 Å². The van der Waals surface area contributed by atoms with E-state index in [9.17, 15) is 8.42 Å². The maximum Gasteiger partial charge on any atom is 0.214 e. The molecule has 1 fully saturated rings. The molecule has 96 valence electrons. The molecule has 0 bridgehead atoms. The molecule has 0 heterocycles. The number of aliphatic hydroxyl groups is 1. The standard InChI is InChI=1S/C10H21NO4S/c1-11(16(13,14)8-2-6-12)5-7-15-9-10-3-4-10/h10,12H,2-9H2,1H3. The van der Waals surface area contributed by atoms with Gasteiger partial charge in [-0.3, -0.25) is 0 Å². The molecule has 0 atom stereocenters. The fourth-order valence-electron chi connectivity index (χ4n) is 1.27. The molecule has 0 radical (unpaired) electrons. The van der Waals surface area contributed by atoms with Crippen LogP contribution in [0, 0.1) is 5.92 Å². The highest BCUT2D eigenvalue weighted by atomic mass is 32.2. The van der Waals surface area contributed by atoms with Crippen molar-refractivity contribution < 1.29 is 18.3 Å². The molecular formula is C10H21NO4S. The number of nitrogens with zero attached hydrogens (tertiary/aromatic N) is 1. The van der Waals surface area contributed by atoms with Crippen LogP contribution >= 0.6 is 0 Å². The molecule has 0 amide bonds. The predicted octanol–water partition coefficient (Wildman–Crippen LogP) is 0.0570. The first-order chi connectivity index (χ1) is 7.56. The molecule has 1 aliphatic carbocycles. The van der Waals surface area contributed by atoms with Crippen LogP contribution in [0.4, 0.5) is 0 Å². The zero-order chi connectivity index (χ0) is 12.0. The number of hydrogen-bond acceptors (Lipinski definition) is 4. The van der Waals surface area contributed by atoms with Crippen molar-refractivity contribution in [2.45, 2.75) is 19.3 Å². The van der Waals surface area contributed by atoms with Gasteiger partial charge in [0, 0.05) is 26.8 Å². The SMILES string of the molecule is CN(CCOCC1CC1)S(=O)(=O)CCCO. The Morgan fingerprint density at radius 1 is 1.44 bits per heavy atom. The normalized spacial score (nSPS) is 16.9. The van der Waals surface area contributed by atoms with Gasteiger partial charge in [-0.2, -0.15) is 0 Å². The third kappa shape index (κ3) is 5.25. The zero-order valence-corrected chi connectivity index (χ0v) is 10.6. The highest BCUT2D eigenvalue weighted by molar-refractivity contribution is 7.89. The van der Waals surface area contributed by atoms with E-state index in [1.165, 1.54) is 17.1 Å². The molecule has 1 N–H and O–H groups in total. The first-order valence-electron chi connectivity index (χ1n) is 5.69. The molecular weight excluding hydrogens is 230 g/mol. The highest BCUT2D eigenvalue weighted by Crippen LogP contribution is 2.28. The third-order valence-electron chi connectivity index (χ3n) is 2.64. The van der Waals surface area contributed by atoms with Gasteiger partial charge in [-0.15, -0.1) is 0 Å². The van der Waals surface area contributed by atoms with Gasteiger partial charge >= 0.3 is 0 Å². The lowest BCUT2D eigenvalue weighted by Crippen LogP contribution is -2.32. The molecule has 1 rings (SSSR count). The fraction of sp³-hybridized carbons (Fsp3) is 1.00. The number of aliphatic hydroxyl groups excluding tert-OH is 1. The molecule has 0 aliphatic heterocycles. The lowest BCUT2D eigenvalue weighted by atomic mass is 10.5. The molecule has 5 nitrogen and oxygen atoms in total. The van der Waals surface area contributed by atoms with Gasteiger partial charge in [0.05, 0.1) is 12.4 Å². The van der Waals surface area contributed by atoms with Crippen LogP contribution in [-0.2, 0) is 14.8 Å². The van der Waals surface area contributed by atoms with Crippen LogP contribution in [0.3, 0.4) is 0 Å². The Labute approximate surface area is 97.4 Å². The molecule has 0 aromatic rings. The molecule has 16 heavy (non-hydrogen) atoms. The average molecular weight is 251 g/mol. The zero-order valence-electron chi connectivity index (χ0n) is 9.76. The van der Waals surface area contributed by atoms with Gasteiger partial charge in [0.2, 0.25) is 10.0 Å². The number of likely N-dealkylation sites (N-methyl/N-ethyl adjacent to an activating group) is 1. The first kappa shape index (κ1) is 13.9. The Morgan fingerprint density at radius 2 is 2.12 bits per heavy atom. The minimum absolute atomic E-state index is 0.00260. The maximum absolute atomic E-state index is 11.6. The quantitative estimate of drug-likeness (QED) is 0.588. The molecule has 0 spiro atoms. The Morgan fingerprint density at radius 3 is 2.69 bits per heavy atom. The van der Waals surface area contributed by atoms with Gasteiger partial charge in [-0.1, -0.05) is 0 Å². The smallest absolute Gasteiger partial charge is 0.214 e. The molecule has 0 saturated heterocycles. The van der Waals surface area contributed by atoms with Crippen molar-refractivity contribution in [2.75, 3.05) is 39.2 Å². The van der Waals surface area contributed by atoms with Crippen molar-refractivity contribution in [1.29, 1.82) is 0 Å². The van der Waals surface area contributed by atoms with Crippen LogP contribution in [0.15, 0.2) is 0 Å². The van der Waals surface area contributed by atoms with Crippen molar-refractivity contribution in [2.24, 2.45) is 5.92 Å². The average Bonchev–Trinajstić information content (AvgIpc) is 3.05. The van der Waals surface area contributed by atoms with Crippen molar-refractivity contribution >= 4 is 10.0 Å². The minimum atomic E-state index is -3.21. The summed E-state index contributed by atoms with van der Waals surface area (Å²) >= 11 is 0. The third-order valence-corrected chi connectivity index (χ3v) is 4.57. The molecule has 0 aromatic carbocycles. The van der Waals surface area contributed by atoms with Crippen molar-refractivity contribution in [3.63, 3.8) is 0 Å². The van der Waals surface area contributed by atoms with Gasteiger partial charge < -0.3 is 9.84 Å². The van der Waals surface area contributed by atoms with Crippen LogP contribution < -0.4 is 0 Å². The lowest BCUT2D eigenvalue weighted by molar-refractivity contribution is 0.117. The predicted molar refractivity (Wildman–Crippen MR) is 61.7 cm³/mol. The second kappa shape index (κ2) is 6.54. The molecule has 1 saturated carbocycles. The van der Waals surface area contributed by atoms with E-state index in [4.69, 9.17) is 9.84 Å². The van der Waals surface area contributed by atoms with Crippen LogP contribution in [0.5, 0.6) is 0 Å². The van der Waals surface area contributed by atoms with E-state index < -0.39 is 10.0 Å². The summed E-state index contributed by atoms with van der Waals surface area (Å²) in [6.45, 7) is 1.50. The second-order valence-corrected chi connectivity index (χ2v) is 6.43. The monoisotopic (exact) mass is 251 g/mol. The van der Waals surface area contributed by atoms with Gasteiger partial charge in [0.1, 0.15) is 0 Å². The summed E-state index contributed by atoms with van der Waals surface area (Å²) < 4.78 is 29.9. The van der Waals surface area contributed by atoms with E-state index in [0.29, 0.717) is 19.1 Å². The van der Waals surface area contributed by atoms with Crippen molar-refractivity contribution in [3.05, 3.63) is 0 Å². The number of sulfonamides is 1. The van der Waals surface area contributed by atoms with E-state index in [2.05, 4.69) is 0 Å². The highest BCUT2D eigenvalue weighted by Gasteiger charge is 2.21. The number of rotatable bonds is 9. The molecule has 0 unspecified atom stereocenters. The first-order valence-corrected chi connectivity index (χ1v) is 7.30. The topological polar surface area (TPSA) is 66.8 Å². The Bertz CT molecular complexity index is 287. The number of ether oxygens (including phenoxy) is 1. The van der Waals surface area contributed by atoms with Crippen molar-refractivity contribution in [3.8, 4) is 0 Å². The Hall–Kier alpha value is -0.170. The second-order valence-electron chi connectivity index (χ2n) is 4.23. The van der Waals surface area contributed by atoms with Crippen LogP contribution in [0.1, 0.15) is 19.3 Å². The maximum atomic E-state index is 11.6. The van der Waals surface area contributed by atoms with E-state index in [1.54, 1.807) is 7.05 Å². The summed E-state index contributed by atoms with van der Waals surface area (Å²) in [7, 11) is -1.67.